The molecule has 1 aliphatic heterocycles. The van der Waals surface area contributed by atoms with E-state index >= 15 is 0 Å². The molecule has 2 aliphatic rings. The molecule has 42 heavy (non-hydrogen) atoms. The van der Waals surface area contributed by atoms with Crippen molar-refractivity contribution in [3.05, 3.63) is 90.4 Å². The number of pyridine rings is 3. The highest BCUT2D eigenvalue weighted by Crippen LogP contribution is 2.39. The van der Waals surface area contributed by atoms with Gasteiger partial charge < -0.3 is 15.5 Å². The highest BCUT2D eigenvalue weighted by Gasteiger charge is 2.36. The van der Waals surface area contributed by atoms with Crippen LogP contribution in [0, 0.1) is 18.8 Å². The largest absolute Gasteiger partial charge is 0.371 e. The lowest BCUT2D eigenvalue weighted by Crippen LogP contribution is -2.36. The number of nitrogens with one attached hydrogen (secondary N) is 2. The Morgan fingerprint density at radius 1 is 1.00 bits per heavy atom. The molecule has 3 atom stereocenters. The molecular weight excluding hydrogens is 520 g/mol. The van der Waals surface area contributed by atoms with Gasteiger partial charge in [0.2, 0.25) is 0 Å². The molecule has 0 amide bonds. The lowest BCUT2D eigenvalue weighted by molar-refractivity contribution is 0.474. The van der Waals surface area contributed by atoms with Gasteiger partial charge in [-0.1, -0.05) is 6.92 Å². The van der Waals surface area contributed by atoms with E-state index in [1.165, 1.54) is 12.1 Å². The summed E-state index contributed by atoms with van der Waals surface area (Å²) in [7, 11) is 0. The second-order valence-corrected chi connectivity index (χ2v) is 11.4. The van der Waals surface area contributed by atoms with Crippen molar-refractivity contribution in [1.82, 2.24) is 15.0 Å². The van der Waals surface area contributed by atoms with Crippen LogP contribution in [-0.2, 0) is 0 Å². The lowest BCUT2D eigenvalue weighted by atomic mass is 9.95. The fourth-order valence-electron chi connectivity index (χ4n) is 5.99. The molecule has 1 aliphatic carbocycles. The summed E-state index contributed by atoms with van der Waals surface area (Å²) >= 11 is 0. The van der Waals surface area contributed by atoms with Gasteiger partial charge in [-0.2, -0.15) is 0 Å². The SMILES string of the molecule is C=N/C=C(/Nc1ccnc(C)c1)C1CCC(C)C1/N=C(\C)c1ccc(Nc2ccnc3ccc(N4CCC4)cc23)cn1. The smallest absolute Gasteiger partial charge is 0.0838 e. The topological polar surface area (TPSA) is 90.7 Å². The third kappa shape index (κ3) is 5.88. The van der Waals surface area contributed by atoms with Crippen molar-refractivity contribution in [2.24, 2.45) is 21.8 Å². The van der Waals surface area contributed by atoms with E-state index in [1.54, 1.807) is 0 Å². The number of anilines is 4. The third-order valence-corrected chi connectivity index (χ3v) is 8.45. The molecule has 4 heterocycles. The summed E-state index contributed by atoms with van der Waals surface area (Å²) in [6.07, 6.45) is 10.8. The zero-order valence-corrected chi connectivity index (χ0v) is 24.6. The summed E-state index contributed by atoms with van der Waals surface area (Å²) in [5.41, 5.74) is 9.00. The van der Waals surface area contributed by atoms with Gasteiger partial charge in [-0.3, -0.25) is 24.9 Å². The van der Waals surface area contributed by atoms with Crippen LogP contribution < -0.4 is 15.5 Å². The molecule has 4 aromatic rings. The Kier molecular flexibility index (Phi) is 7.95. The van der Waals surface area contributed by atoms with Gasteiger partial charge in [-0.05, 0) is 94.3 Å². The quantitative estimate of drug-likeness (QED) is 0.212. The number of fused-ring (bicyclic) bond motifs is 1. The minimum absolute atomic E-state index is 0.122. The van der Waals surface area contributed by atoms with E-state index < -0.39 is 0 Å². The monoisotopic (exact) mass is 558 g/mol. The van der Waals surface area contributed by atoms with Crippen LogP contribution in [0.15, 0.2) is 89.0 Å². The summed E-state index contributed by atoms with van der Waals surface area (Å²) in [5, 5.41) is 8.24. The first-order valence-electron chi connectivity index (χ1n) is 14.8. The van der Waals surface area contributed by atoms with Gasteiger partial charge in [-0.25, -0.2) is 0 Å². The van der Waals surface area contributed by atoms with Crippen LogP contribution in [0.5, 0.6) is 0 Å². The molecule has 1 saturated heterocycles. The second kappa shape index (κ2) is 12.1. The summed E-state index contributed by atoms with van der Waals surface area (Å²) in [4.78, 5) is 25.4. The Hall–Kier alpha value is -4.59. The normalized spacial score (nSPS) is 20.8. The second-order valence-electron chi connectivity index (χ2n) is 11.4. The maximum Gasteiger partial charge on any atom is 0.0838 e. The summed E-state index contributed by atoms with van der Waals surface area (Å²) in [5.74, 6) is 0.664. The fourth-order valence-corrected chi connectivity index (χ4v) is 5.99. The Morgan fingerprint density at radius 2 is 1.86 bits per heavy atom. The molecule has 6 rings (SSSR count). The standard InChI is InChI=1S/C34H38N8/c1-22-6-9-28(33(21-35-4)40-25-12-14-36-23(2)18-25)34(22)39-24(3)30-10-7-26(20-38-30)41-32-13-15-37-31-11-8-27(19-29(31)32)42-16-5-17-42/h7-8,10-15,18-22,28,34H,4-6,9,16-17H2,1-3H3,(H,36,40)(H,37,41)/b33-21+,39-24+. The summed E-state index contributed by atoms with van der Waals surface area (Å²) in [6, 6.07) is 16.8. The van der Waals surface area contributed by atoms with Gasteiger partial charge in [0.05, 0.1) is 34.8 Å². The van der Waals surface area contributed by atoms with E-state index in [9.17, 15) is 0 Å². The zero-order valence-electron chi connectivity index (χ0n) is 24.6. The van der Waals surface area contributed by atoms with Crippen LogP contribution in [0.3, 0.4) is 0 Å². The fraction of sp³-hybridized carbons (Fsp3) is 0.324. The first kappa shape index (κ1) is 27.6. The molecule has 214 valence electrons. The Bertz CT molecular complexity index is 1640. The number of benzene rings is 1. The van der Waals surface area contributed by atoms with Crippen LogP contribution in [0.2, 0.25) is 0 Å². The van der Waals surface area contributed by atoms with Crippen molar-refractivity contribution < 1.29 is 0 Å². The zero-order chi connectivity index (χ0) is 29.1. The number of rotatable bonds is 9. The predicted molar refractivity (Wildman–Crippen MR) is 174 cm³/mol. The maximum absolute atomic E-state index is 5.23. The Morgan fingerprint density at radius 3 is 2.60 bits per heavy atom. The molecule has 2 N–H and O–H groups in total. The van der Waals surface area contributed by atoms with E-state index in [0.717, 1.165) is 76.7 Å². The van der Waals surface area contributed by atoms with Gasteiger partial charge in [0.25, 0.3) is 0 Å². The molecular formula is C34H38N8. The molecule has 3 unspecified atom stereocenters. The Labute approximate surface area is 247 Å². The highest BCUT2D eigenvalue weighted by molar-refractivity contribution is 5.98. The Balaban J connectivity index is 1.20. The minimum Gasteiger partial charge on any atom is -0.371 e. The molecule has 0 bridgehead atoms. The number of aromatic nitrogens is 3. The van der Waals surface area contributed by atoms with E-state index in [2.05, 4.69) is 75.3 Å². The lowest BCUT2D eigenvalue weighted by Gasteiger charge is -2.33. The summed E-state index contributed by atoms with van der Waals surface area (Å²) in [6.45, 7) is 12.3. The van der Waals surface area contributed by atoms with Gasteiger partial charge in [-0.15, -0.1) is 0 Å². The van der Waals surface area contributed by atoms with Crippen molar-refractivity contribution in [3.63, 3.8) is 0 Å². The highest BCUT2D eigenvalue weighted by atomic mass is 15.2. The predicted octanol–water partition coefficient (Wildman–Crippen LogP) is 7.16. The van der Waals surface area contributed by atoms with E-state index in [0.29, 0.717) is 5.92 Å². The molecule has 0 radical (unpaired) electrons. The van der Waals surface area contributed by atoms with Crippen molar-refractivity contribution >= 4 is 46.1 Å². The van der Waals surface area contributed by atoms with Crippen molar-refractivity contribution in [2.45, 2.75) is 46.1 Å². The molecule has 2 fully saturated rings. The third-order valence-electron chi connectivity index (χ3n) is 8.45. The van der Waals surface area contributed by atoms with Crippen molar-refractivity contribution in [3.8, 4) is 0 Å². The van der Waals surface area contributed by atoms with Crippen LogP contribution in [-0.4, -0.2) is 46.5 Å². The van der Waals surface area contributed by atoms with Crippen LogP contribution >= 0.6 is 0 Å². The van der Waals surface area contributed by atoms with Crippen LogP contribution in [0.4, 0.5) is 22.7 Å². The van der Waals surface area contributed by atoms with E-state index in [4.69, 9.17) is 9.98 Å². The number of nitrogens with zero attached hydrogens (tertiary/aromatic N) is 6. The van der Waals surface area contributed by atoms with E-state index in [-0.39, 0.29) is 12.0 Å². The maximum atomic E-state index is 5.23. The molecule has 3 aromatic heterocycles. The van der Waals surface area contributed by atoms with Gasteiger partial charge in [0.1, 0.15) is 0 Å². The first-order valence-corrected chi connectivity index (χ1v) is 14.8. The molecule has 8 heteroatoms. The van der Waals surface area contributed by atoms with Gasteiger partial charge in [0, 0.05) is 71.4 Å². The van der Waals surface area contributed by atoms with Crippen LogP contribution in [0.25, 0.3) is 10.9 Å². The van der Waals surface area contributed by atoms with E-state index in [1.807, 2.05) is 56.0 Å². The number of aryl methyl sites for hydroxylation is 1. The molecule has 0 spiro atoms. The summed E-state index contributed by atoms with van der Waals surface area (Å²) < 4.78 is 0. The molecule has 8 nitrogen and oxygen atoms in total. The van der Waals surface area contributed by atoms with Gasteiger partial charge >= 0.3 is 0 Å². The van der Waals surface area contributed by atoms with Crippen molar-refractivity contribution in [2.75, 3.05) is 28.6 Å². The number of hydrogen-bond acceptors (Lipinski definition) is 8. The molecule has 1 aromatic carbocycles. The number of hydrogen-bond donors (Lipinski definition) is 2. The average molecular weight is 559 g/mol. The van der Waals surface area contributed by atoms with Crippen LogP contribution in [0.1, 0.15) is 44.5 Å². The first-order chi connectivity index (χ1) is 20.5. The van der Waals surface area contributed by atoms with Gasteiger partial charge in [0.15, 0.2) is 0 Å². The minimum atomic E-state index is 0.122. The number of aliphatic imine (C=N–C) groups is 2. The average Bonchev–Trinajstić information content (AvgIpc) is 3.32. The molecule has 1 saturated carbocycles. The van der Waals surface area contributed by atoms with Crippen molar-refractivity contribution in [1.29, 1.82) is 0 Å².